The summed E-state index contributed by atoms with van der Waals surface area (Å²) < 4.78 is 0. The number of piperidine rings is 1. The van der Waals surface area contributed by atoms with Crippen molar-refractivity contribution in [3.8, 4) is 0 Å². The van der Waals surface area contributed by atoms with E-state index in [2.05, 4.69) is 10.3 Å². The Labute approximate surface area is 115 Å². The van der Waals surface area contributed by atoms with Crippen molar-refractivity contribution >= 4 is 16.9 Å². The van der Waals surface area contributed by atoms with E-state index in [9.17, 15) is 14.7 Å². The number of hydrogen-bond acceptors (Lipinski definition) is 3. The lowest BCUT2D eigenvalue weighted by atomic mass is 9.91. The number of aromatic amines is 1. The number of H-pyrrole nitrogens is 1. The Balaban J connectivity index is 2.26. The van der Waals surface area contributed by atoms with E-state index in [4.69, 9.17) is 0 Å². The van der Waals surface area contributed by atoms with E-state index in [0.717, 1.165) is 19.4 Å². The quantitative estimate of drug-likeness (QED) is 0.777. The normalized spacial score (nSPS) is 19.1. The molecule has 0 aliphatic carbocycles. The van der Waals surface area contributed by atoms with Gasteiger partial charge < -0.3 is 15.4 Å². The molecule has 0 bridgehead atoms. The Morgan fingerprint density at radius 3 is 2.80 bits per heavy atom. The number of para-hydroxylation sites is 1. The molecule has 3 N–H and O–H groups in total. The summed E-state index contributed by atoms with van der Waals surface area (Å²) in [6.07, 6.45) is 1.88. The second kappa shape index (κ2) is 5.09. The third-order valence-electron chi connectivity index (χ3n) is 3.86. The molecule has 0 spiro atoms. The molecule has 1 aliphatic rings. The van der Waals surface area contributed by atoms with Crippen LogP contribution in [-0.2, 0) is 0 Å². The van der Waals surface area contributed by atoms with Crippen molar-refractivity contribution in [2.45, 2.75) is 18.8 Å². The standard InChI is InChI=1S/C15H16N2O3/c18-14-10-5-1-2-6-11(10)17-13(12(14)15(19)20)9-4-3-7-16-8-9/h1-2,5-6,9,16H,3-4,7-8H2,(H,17,18)(H,19,20). The van der Waals surface area contributed by atoms with E-state index in [0.29, 0.717) is 23.1 Å². The van der Waals surface area contributed by atoms with Crippen molar-refractivity contribution in [2.24, 2.45) is 0 Å². The average Bonchev–Trinajstić information content (AvgIpc) is 2.47. The maximum atomic E-state index is 12.4. The molecule has 1 saturated heterocycles. The van der Waals surface area contributed by atoms with E-state index in [1.807, 2.05) is 12.1 Å². The van der Waals surface area contributed by atoms with Crippen molar-refractivity contribution in [1.29, 1.82) is 0 Å². The number of pyridine rings is 1. The number of nitrogens with one attached hydrogen (secondary N) is 2. The van der Waals surface area contributed by atoms with Gasteiger partial charge in [0.15, 0.2) is 0 Å². The zero-order valence-electron chi connectivity index (χ0n) is 11.0. The molecular formula is C15H16N2O3. The number of carbonyl (C=O) groups is 1. The Morgan fingerprint density at radius 1 is 1.30 bits per heavy atom. The van der Waals surface area contributed by atoms with Crippen molar-refractivity contribution in [3.05, 3.63) is 45.7 Å². The number of hydrogen-bond donors (Lipinski definition) is 3. The molecule has 2 heterocycles. The Morgan fingerprint density at radius 2 is 2.10 bits per heavy atom. The highest BCUT2D eigenvalue weighted by atomic mass is 16.4. The molecule has 1 aliphatic heterocycles. The number of fused-ring (bicyclic) bond motifs is 1. The maximum Gasteiger partial charge on any atom is 0.341 e. The van der Waals surface area contributed by atoms with Gasteiger partial charge in [0.05, 0.1) is 0 Å². The molecule has 2 aromatic rings. The minimum Gasteiger partial charge on any atom is -0.477 e. The Hall–Kier alpha value is -2.14. The van der Waals surface area contributed by atoms with Crippen molar-refractivity contribution < 1.29 is 9.90 Å². The van der Waals surface area contributed by atoms with Crippen LogP contribution in [0.1, 0.15) is 34.8 Å². The highest BCUT2D eigenvalue weighted by molar-refractivity contribution is 5.94. The Kier molecular flexibility index (Phi) is 3.28. The van der Waals surface area contributed by atoms with Crippen molar-refractivity contribution in [3.63, 3.8) is 0 Å². The lowest BCUT2D eigenvalue weighted by Crippen LogP contribution is -2.32. The van der Waals surface area contributed by atoms with Gasteiger partial charge in [0.2, 0.25) is 5.43 Å². The second-order valence-corrected chi connectivity index (χ2v) is 5.14. The van der Waals surface area contributed by atoms with Gasteiger partial charge >= 0.3 is 5.97 Å². The third kappa shape index (κ3) is 2.10. The molecule has 1 aromatic heterocycles. The van der Waals surface area contributed by atoms with Crippen LogP contribution in [0.5, 0.6) is 0 Å². The molecule has 1 atom stereocenters. The predicted molar refractivity (Wildman–Crippen MR) is 76.4 cm³/mol. The van der Waals surface area contributed by atoms with Crippen LogP contribution < -0.4 is 10.7 Å². The monoisotopic (exact) mass is 272 g/mol. The van der Waals surface area contributed by atoms with E-state index < -0.39 is 11.4 Å². The molecule has 5 nitrogen and oxygen atoms in total. The summed E-state index contributed by atoms with van der Waals surface area (Å²) in [7, 11) is 0. The van der Waals surface area contributed by atoms with E-state index >= 15 is 0 Å². The zero-order valence-corrected chi connectivity index (χ0v) is 11.0. The number of aromatic nitrogens is 1. The molecule has 1 unspecified atom stereocenters. The van der Waals surface area contributed by atoms with Crippen LogP contribution in [0.4, 0.5) is 0 Å². The van der Waals surface area contributed by atoms with Gasteiger partial charge in [0.25, 0.3) is 0 Å². The second-order valence-electron chi connectivity index (χ2n) is 5.14. The van der Waals surface area contributed by atoms with E-state index in [-0.39, 0.29) is 11.5 Å². The number of aromatic carboxylic acids is 1. The van der Waals surface area contributed by atoms with Gasteiger partial charge in [-0.3, -0.25) is 4.79 Å². The van der Waals surface area contributed by atoms with Gasteiger partial charge in [-0.25, -0.2) is 4.79 Å². The van der Waals surface area contributed by atoms with Gasteiger partial charge in [0, 0.05) is 29.1 Å². The van der Waals surface area contributed by atoms with Crippen LogP contribution in [0.15, 0.2) is 29.1 Å². The van der Waals surface area contributed by atoms with Gasteiger partial charge in [-0.05, 0) is 31.5 Å². The van der Waals surface area contributed by atoms with E-state index in [1.165, 1.54) is 0 Å². The van der Waals surface area contributed by atoms with Gasteiger partial charge in [-0.1, -0.05) is 12.1 Å². The molecule has 20 heavy (non-hydrogen) atoms. The first kappa shape index (κ1) is 12.9. The van der Waals surface area contributed by atoms with E-state index in [1.54, 1.807) is 12.1 Å². The fourth-order valence-corrected chi connectivity index (χ4v) is 2.87. The largest absolute Gasteiger partial charge is 0.477 e. The number of benzene rings is 1. The van der Waals surface area contributed by atoms with Crippen molar-refractivity contribution in [1.82, 2.24) is 10.3 Å². The first-order valence-corrected chi connectivity index (χ1v) is 6.77. The van der Waals surface area contributed by atoms with Crippen LogP contribution in [0, 0.1) is 0 Å². The lowest BCUT2D eigenvalue weighted by molar-refractivity contribution is 0.0693. The van der Waals surface area contributed by atoms with Crippen LogP contribution in [-0.4, -0.2) is 29.1 Å². The number of carboxylic acid groups (broad SMARTS) is 1. The predicted octanol–water partition coefficient (Wildman–Crippen LogP) is 1.69. The number of rotatable bonds is 2. The summed E-state index contributed by atoms with van der Waals surface area (Å²) in [5.74, 6) is -1.11. The highest BCUT2D eigenvalue weighted by Crippen LogP contribution is 2.25. The van der Waals surface area contributed by atoms with Crippen LogP contribution in [0.2, 0.25) is 0 Å². The summed E-state index contributed by atoms with van der Waals surface area (Å²) in [4.78, 5) is 27.1. The average molecular weight is 272 g/mol. The topological polar surface area (TPSA) is 82.2 Å². The molecular weight excluding hydrogens is 256 g/mol. The highest BCUT2D eigenvalue weighted by Gasteiger charge is 2.25. The first-order chi connectivity index (χ1) is 9.68. The SMILES string of the molecule is O=C(O)c1c(C2CCCNC2)[nH]c2ccccc2c1=O. The summed E-state index contributed by atoms with van der Waals surface area (Å²) >= 11 is 0. The summed E-state index contributed by atoms with van der Waals surface area (Å²) in [6.45, 7) is 1.64. The molecule has 0 saturated carbocycles. The zero-order chi connectivity index (χ0) is 14.1. The maximum absolute atomic E-state index is 12.4. The van der Waals surface area contributed by atoms with Gasteiger partial charge in [-0.2, -0.15) is 0 Å². The minimum absolute atomic E-state index is 0.0483. The summed E-state index contributed by atoms with van der Waals surface area (Å²) in [5, 5.41) is 13.1. The van der Waals surface area contributed by atoms with Crippen LogP contribution in [0.3, 0.4) is 0 Å². The summed E-state index contributed by atoms with van der Waals surface area (Å²) in [5.41, 5.74) is 0.737. The molecule has 1 fully saturated rings. The lowest BCUT2D eigenvalue weighted by Gasteiger charge is -2.24. The molecule has 5 heteroatoms. The smallest absolute Gasteiger partial charge is 0.341 e. The summed E-state index contributed by atoms with van der Waals surface area (Å²) in [6, 6.07) is 7.04. The third-order valence-corrected chi connectivity index (χ3v) is 3.86. The Bertz CT molecular complexity index is 715. The van der Waals surface area contributed by atoms with Crippen LogP contribution in [0.25, 0.3) is 10.9 Å². The van der Waals surface area contributed by atoms with Crippen LogP contribution >= 0.6 is 0 Å². The fraction of sp³-hybridized carbons (Fsp3) is 0.333. The molecule has 0 radical (unpaired) electrons. The molecule has 1 aromatic carbocycles. The number of carboxylic acids is 1. The first-order valence-electron chi connectivity index (χ1n) is 6.77. The minimum atomic E-state index is -1.16. The van der Waals surface area contributed by atoms with Gasteiger partial charge in [0.1, 0.15) is 5.56 Å². The molecule has 104 valence electrons. The van der Waals surface area contributed by atoms with Gasteiger partial charge in [-0.15, -0.1) is 0 Å². The van der Waals surface area contributed by atoms with Crippen molar-refractivity contribution in [2.75, 3.05) is 13.1 Å². The molecule has 3 rings (SSSR count). The fourth-order valence-electron chi connectivity index (χ4n) is 2.87. The molecule has 0 amide bonds.